The van der Waals surface area contributed by atoms with E-state index in [-0.39, 0.29) is 17.2 Å². The number of hydrogen-bond donors (Lipinski definition) is 2. The van der Waals surface area contributed by atoms with Gasteiger partial charge >= 0.3 is 0 Å². The molecule has 0 heterocycles. The van der Waals surface area contributed by atoms with Gasteiger partial charge in [-0.05, 0) is 12.1 Å². The monoisotopic (exact) mass is 321 g/mol. The van der Waals surface area contributed by atoms with E-state index in [2.05, 4.69) is 10.0 Å². The molecule has 0 unspecified atom stereocenters. The quantitative estimate of drug-likeness (QED) is 0.731. The fourth-order valence-electron chi connectivity index (χ4n) is 1.47. The minimum atomic E-state index is -3.75. The zero-order chi connectivity index (χ0) is 15.4. The molecule has 0 fully saturated rings. The van der Waals surface area contributed by atoms with Gasteiger partial charge in [-0.25, -0.2) is 25.9 Å². The van der Waals surface area contributed by atoms with Crippen LogP contribution in [0, 0.1) is 0 Å². The molecule has 0 radical (unpaired) electrons. The molecule has 20 heavy (non-hydrogen) atoms. The van der Waals surface area contributed by atoms with Gasteiger partial charge in [-0.2, -0.15) is 0 Å². The van der Waals surface area contributed by atoms with E-state index in [0.29, 0.717) is 5.69 Å². The summed E-state index contributed by atoms with van der Waals surface area (Å²) in [5.74, 6) is -0.291. The highest BCUT2D eigenvalue weighted by molar-refractivity contribution is 7.90. The van der Waals surface area contributed by atoms with Crippen molar-refractivity contribution in [1.82, 2.24) is 9.03 Å². The highest BCUT2D eigenvalue weighted by Crippen LogP contribution is 2.19. The predicted molar refractivity (Wildman–Crippen MR) is 78.7 cm³/mol. The number of hydrogen-bond acceptors (Lipinski definition) is 5. The minimum Gasteiger partial charge on any atom is -0.387 e. The average molecular weight is 321 g/mol. The van der Waals surface area contributed by atoms with Gasteiger partial charge in [0, 0.05) is 27.7 Å². The van der Waals surface area contributed by atoms with Gasteiger partial charge in [-0.15, -0.1) is 0 Å². The second-order valence-electron chi connectivity index (χ2n) is 4.24. The lowest BCUT2D eigenvalue weighted by molar-refractivity contribution is 0.519. The van der Waals surface area contributed by atoms with Crippen molar-refractivity contribution in [1.29, 1.82) is 0 Å². The van der Waals surface area contributed by atoms with E-state index in [4.69, 9.17) is 0 Å². The van der Waals surface area contributed by atoms with Crippen LogP contribution < -0.4 is 10.0 Å². The minimum absolute atomic E-state index is 0.0877. The third-order valence-electron chi connectivity index (χ3n) is 2.65. The Bertz CT molecular complexity index is 654. The van der Waals surface area contributed by atoms with E-state index in [0.717, 1.165) is 4.31 Å². The average Bonchev–Trinajstić information content (AvgIpc) is 2.38. The summed E-state index contributed by atoms with van der Waals surface area (Å²) in [5.41, 5.74) is 0.454. The summed E-state index contributed by atoms with van der Waals surface area (Å²) >= 11 is 0. The highest BCUT2D eigenvalue weighted by Gasteiger charge is 2.19. The Kier molecular flexibility index (Phi) is 5.51. The van der Waals surface area contributed by atoms with Gasteiger partial charge in [0.15, 0.2) is 0 Å². The number of anilines is 1. The molecule has 0 atom stereocenters. The van der Waals surface area contributed by atoms with Crippen molar-refractivity contribution in [3.63, 3.8) is 0 Å². The maximum atomic E-state index is 12.1. The Balaban J connectivity index is 2.82. The Hall–Kier alpha value is -1.16. The Morgan fingerprint density at radius 1 is 1.10 bits per heavy atom. The largest absolute Gasteiger partial charge is 0.387 e. The molecule has 0 saturated heterocycles. The third-order valence-corrected chi connectivity index (χ3v) is 6.01. The molecule has 0 saturated carbocycles. The van der Waals surface area contributed by atoms with Crippen LogP contribution >= 0.6 is 0 Å². The second-order valence-corrected chi connectivity index (χ2v) is 8.28. The number of rotatable bonds is 7. The normalized spacial score (nSPS) is 12.6. The van der Waals surface area contributed by atoms with E-state index < -0.39 is 20.0 Å². The predicted octanol–water partition coefficient (Wildman–Crippen LogP) is -0.102. The Labute approximate surface area is 120 Å². The van der Waals surface area contributed by atoms with Crippen molar-refractivity contribution in [2.75, 3.05) is 38.8 Å². The molecule has 114 valence electrons. The van der Waals surface area contributed by atoms with E-state index in [1.54, 1.807) is 25.2 Å². The molecule has 0 spiro atoms. The van der Waals surface area contributed by atoms with Gasteiger partial charge in [0.1, 0.15) is 4.90 Å². The molecule has 0 aliphatic rings. The Morgan fingerprint density at radius 2 is 1.70 bits per heavy atom. The van der Waals surface area contributed by atoms with E-state index in [1.165, 1.54) is 20.2 Å². The van der Waals surface area contributed by atoms with Crippen molar-refractivity contribution in [2.24, 2.45) is 0 Å². The fraction of sp³-hybridized carbons (Fsp3) is 0.455. The first kappa shape index (κ1) is 16.9. The summed E-state index contributed by atoms with van der Waals surface area (Å²) in [4.78, 5) is 0.0877. The fourth-order valence-corrected chi connectivity index (χ4v) is 3.57. The summed E-state index contributed by atoms with van der Waals surface area (Å²) < 4.78 is 50.7. The van der Waals surface area contributed by atoms with Gasteiger partial charge in [0.2, 0.25) is 20.0 Å². The molecule has 0 aromatic heterocycles. The van der Waals surface area contributed by atoms with Gasteiger partial charge in [0.25, 0.3) is 0 Å². The molecular formula is C11H19N3O4S2. The molecule has 0 aliphatic heterocycles. The SMILES string of the molecule is CNc1ccccc1S(=O)(=O)NCCS(=O)(=O)N(C)C. The standard InChI is InChI=1S/C11H19N3O4S2/c1-12-10-6-4-5-7-11(10)20(17,18)13-8-9-19(15,16)14(2)3/h4-7,12-13H,8-9H2,1-3H3. The van der Waals surface area contributed by atoms with Crippen molar-refractivity contribution >= 4 is 25.7 Å². The zero-order valence-corrected chi connectivity index (χ0v) is 13.3. The van der Waals surface area contributed by atoms with Gasteiger partial charge in [0.05, 0.1) is 11.4 Å². The lowest BCUT2D eigenvalue weighted by Gasteiger charge is -2.13. The van der Waals surface area contributed by atoms with Crippen LogP contribution in [0.2, 0.25) is 0 Å². The molecule has 0 aliphatic carbocycles. The van der Waals surface area contributed by atoms with Crippen molar-refractivity contribution < 1.29 is 16.8 Å². The van der Waals surface area contributed by atoms with Gasteiger partial charge in [-0.3, -0.25) is 0 Å². The Morgan fingerprint density at radius 3 is 2.25 bits per heavy atom. The molecular weight excluding hydrogens is 302 g/mol. The van der Waals surface area contributed by atoms with Crippen LogP contribution in [0.5, 0.6) is 0 Å². The first-order valence-electron chi connectivity index (χ1n) is 5.87. The molecule has 9 heteroatoms. The number of nitrogens with one attached hydrogen (secondary N) is 2. The van der Waals surface area contributed by atoms with E-state index in [9.17, 15) is 16.8 Å². The van der Waals surface area contributed by atoms with Crippen molar-refractivity contribution in [3.8, 4) is 0 Å². The first-order valence-corrected chi connectivity index (χ1v) is 8.96. The molecule has 1 rings (SSSR count). The summed E-state index contributed by atoms with van der Waals surface area (Å²) in [6.07, 6.45) is 0. The number of sulfonamides is 2. The highest BCUT2D eigenvalue weighted by atomic mass is 32.2. The topological polar surface area (TPSA) is 95.6 Å². The molecule has 1 aromatic carbocycles. The third kappa shape index (κ3) is 4.17. The van der Waals surface area contributed by atoms with Crippen molar-refractivity contribution in [2.45, 2.75) is 4.90 Å². The van der Waals surface area contributed by atoms with Crippen LogP contribution in [0.15, 0.2) is 29.2 Å². The summed E-state index contributed by atoms with van der Waals surface area (Å²) in [6.45, 7) is -0.180. The van der Waals surface area contributed by atoms with Crippen LogP contribution in [-0.2, 0) is 20.0 Å². The number of benzene rings is 1. The van der Waals surface area contributed by atoms with Gasteiger partial charge < -0.3 is 5.32 Å². The lowest BCUT2D eigenvalue weighted by atomic mass is 10.3. The van der Waals surface area contributed by atoms with Crippen LogP contribution in [0.1, 0.15) is 0 Å². The molecule has 2 N–H and O–H groups in total. The second kappa shape index (κ2) is 6.53. The maximum Gasteiger partial charge on any atom is 0.242 e. The smallest absolute Gasteiger partial charge is 0.242 e. The maximum absolute atomic E-state index is 12.1. The lowest BCUT2D eigenvalue weighted by Crippen LogP contribution is -2.34. The zero-order valence-electron chi connectivity index (χ0n) is 11.6. The molecule has 1 aromatic rings. The van der Waals surface area contributed by atoms with E-state index in [1.807, 2.05) is 0 Å². The van der Waals surface area contributed by atoms with Crippen molar-refractivity contribution in [3.05, 3.63) is 24.3 Å². The number of nitrogens with zero attached hydrogens (tertiary/aromatic N) is 1. The summed E-state index contributed by atoms with van der Waals surface area (Å²) in [7, 11) is -2.75. The summed E-state index contributed by atoms with van der Waals surface area (Å²) in [5, 5.41) is 2.78. The van der Waals surface area contributed by atoms with Crippen LogP contribution in [0.25, 0.3) is 0 Å². The first-order chi connectivity index (χ1) is 9.20. The molecule has 7 nitrogen and oxygen atoms in total. The molecule has 0 amide bonds. The van der Waals surface area contributed by atoms with Crippen LogP contribution in [0.4, 0.5) is 5.69 Å². The van der Waals surface area contributed by atoms with E-state index >= 15 is 0 Å². The van der Waals surface area contributed by atoms with Crippen LogP contribution in [0.3, 0.4) is 0 Å². The summed E-state index contributed by atoms with van der Waals surface area (Å²) in [6, 6.07) is 6.40. The number of para-hydroxylation sites is 1. The van der Waals surface area contributed by atoms with Crippen LogP contribution in [-0.4, -0.2) is 54.6 Å². The molecule has 0 bridgehead atoms. The van der Waals surface area contributed by atoms with Gasteiger partial charge in [-0.1, -0.05) is 12.1 Å².